The molecular weight excluding hydrogens is 591 g/mol. The zero-order valence-electron chi connectivity index (χ0n) is 23.5. The molecule has 4 rings (SSSR count). The number of hydrogen-bond acceptors (Lipinski definition) is 6. The summed E-state index contributed by atoms with van der Waals surface area (Å²) in [6, 6.07) is 14.3. The molecule has 0 saturated heterocycles. The van der Waals surface area contributed by atoms with Crippen LogP contribution in [0.25, 0.3) is 10.1 Å². The van der Waals surface area contributed by atoms with Crippen molar-refractivity contribution in [3.8, 4) is 0 Å². The van der Waals surface area contributed by atoms with Crippen molar-refractivity contribution in [2.24, 2.45) is 22.4 Å². The number of aliphatic imine (C=N–C) groups is 1. The van der Waals surface area contributed by atoms with Gasteiger partial charge < -0.3 is 16.2 Å². The summed E-state index contributed by atoms with van der Waals surface area (Å²) < 4.78 is 21.1. The van der Waals surface area contributed by atoms with Crippen LogP contribution in [0.4, 0.5) is 4.39 Å². The van der Waals surface area contributed by atoms with Crippen LogP contribution in [0.3, 0.4) is 0 Å². The summed E-state index contributed by atoms with van der Waals surface area (Å²) in [5.74, 6) is -1.32. The molecule has 1 atom stereocenters. The molecule has 3 aromatic rings. The second kappa shape index (κ2) is 13.9. The highest BCUT2D eigenvalue weighted by Gasteiger charge is 2.38. The number of carbonyl (C=O) groups is 1. The Balaban J connectivity index is 0.00000216. The van der Waals surface area contributed by atoms with Gasteiger partial charge in [-0.15, -0.1) is 11.3 Å². The first kappa shape index (κ1) is 31.2. The molecule has 0 aliphatic carbocycles. The zero-order valence-corrected chi connectivity index (χ0v) is 25.9. The van der Waals surface area contributed by atoms with Gasteiger partial charge in [-0.25, -0.2) is 4.39 Å². The molecule has 212 valence electrons. The largest absolute Gasteiger partial charge is 0.428 e. The fraction of sp³-hybridized carbons (Fsp3) is 0.323. The van der Waals surface area contributed by atoms with Gasteiger partial charge in [0.25, 0.3) is 0 Å². The number of thiophene rings is 1. The monoisotopic (exact) mass is 626 g/mol. The second-order valence-corrected chi connectivity index (χ2v) is 11.6. The maximum absolute atomic E-state index is 13.5. The number of aryl methyl sites for hydroxylation is 1. The first-order valence-corrected chi connectivity index (χ1v) is 14.9. The predicted octanol–water partition coefficient (Wildman–Crippen LogP) is 7.97. The molecule has 9 heteroatoms. The lowest BCUT2D eigenvalue weighted by atomic mass is 9.80. The number of fused-ring (bicyclic) bond motifs is 1. The van der Waals surface area contributed by atoms with E-state index < -0.39 is 11.8 Å². The predicted molar refractivity (Wildman–Crippen MR) is 167 cm³/mol. The summed E-state index contributed by atoms with van der Waals surface area (Å²) in [4.78, 5) is 18.8. The van der Waals surface area contributed by atoms with Gasteiger partial charge in [-0.2, -0.15) is 0 Å². The van der Waals surface area contributed by atoms with Gasteiger partial charge >= 0.3 is 0 Å². The Bertz CT molecular complexity index is 1490. The second-order valence-electron chi connectivity index (χ2n) is 9.68. The Labute approximate surface area is 247 Å². The lowest BCUT2D eigenvalue weighted by Gasteiger charge is -2.30. The fourth-order valence-electron chi connectivity index (χ4n) is 4.67. The van der Waals surface area contributed by atoms with E-state index in [1.807, 2.05) is 38.1 Å². The number of amides is 1. The Hall–Kier alpha value is -3.30. The Morgan fingerprint density at radius 3 is 2.40 bits per heavy atom. The summed E-state index contributed by atoms with van der Waals surface area (Å²) in [5, 5.41) is 8.91. The third kappa shape index (κ3) is 7.26. The third-order valence-corrected chi connectivity index (χ3v) is 8.10. The van der Waals surface area contributed by atoms with Crippen LogP contribution >= 0.6 is 27.3 Å². The lowest BCUT2D eigenvalue weighted by molar-refractivity contribution is -0.114. The highest BCUT2D eigenvalue weighted by atomic mass is 79.9. The average Bonchev–Trinajstić information content (AvgIpc) is 3.33. The Morgan fingerprint density at radius 1 is 1.15 bits per heavy atom. The molecule has 2 aromatic carbocycles. The lowest BCUT2D eigenvalue weighted by Crippen LogP contribution is -2.31. The molecule has 6 nitrogen and oxygen atoms in total. The van der Waals surface area contributed by atoms with Crippen molar-refractivity contribution in [1.29, 1.82) is 5.41 Å². The smallest absolute Gasteiger partial charge is 0.247 e. The van der Waals surface area contributed by atoms with E-state index in [9.17, 15) is 9.18 Å². The van der Waals surface area contributed by atoms with Gasteiger partial charge in [0.15, 0.2) is 11.8 Å². The highest BCUT2D eigenvalue weighted by Crippen LogP contribution is 2.46. The van der Waals surface area contributed by atoms with E-state index in [4.69, 9.17) is 26.6 Å². The molecule has 2 heterocycles. The van der Waals surface area contributed by atoms with Gasteiger partial charge in [-0.3, -0.25) is 15.2 Å². The van der Waals surface area contributed by atoms with Crippen LogP contribution in [-0.4, -0.2) is 17.5 Å². The summed E-state index contributed by atoms with van der Waals surface area (Å²) >= 11 is 5.18. The summed E-state index contributed by atoms with van der Waals surface area (Å²) in [5.41, 5.74) is 15.7. The topological polar surface area (TPSA) is 115 Å². The molecule has 1 amide bonds. The maximum atomic E-state index is 13.5. The zero-order chi connectivity index (χ0) is 29.6. The van der Waals surface area contributed by atoms with Gasteiger partial charge in [0.05, 0.1) is 22.9 Å². The normalized spacial score (nSPS) is 16.4. The number of rotatable bonds is 8. The number of nitrogens with one attached hydrogen (secondary N) is 1. The number of hydrogen-bond donors (Lipinski definition) is 3. The van der Waals surface area contributed by atoms with Crippen molar-refractivity contribution in [2.75, 3.05) is 0 Å². The minimum atomic E-state index is -0.606. The molecule has 1 aliphatic rings. The molecule has 1 unspecified atom stereocenters. The van der Waals surface area contributed by atoms with Crippen LogP contribution < -0.4 is 11.5 Å². The minimum absolute atomic E-state index is 0.0132. The van der Waals surface area contributed by atoms with Crippen molar-refractivity contribution in [3.63, 3.8) is 0 Å². The third-order valence-electron chi connectivity index (χ3n) is 6.24. The number of allylic oxidation sites excluding steroid dienone is 2. The van der Waals surface area contributed by atoms with Crippen molar-refractivity contribution in [3.05, 3.63) is 92.0 Å². The van der Waals surface area contributed by atoms with Crippen LogP contribution in [0.5, 0.6) is 0 Å². The Kier molecular flexibility index (Phi) is 10.8. The quantitative estimate of drug-likeness (QED) is 0.134. The number of carbonyl (C=O) groups excluding carboxylic acids is 1. The molecule has 1 aliphatic heterocycles. The van der Waals surface area contributed by atoms with E-state index >= 15 is 0 Å². The molecule has 0 spiro atoms. The van der Waals surface area contributed by atoms with E-state index in [-0.39, 0.29) is 23.5 Å². The maximum Gasteiger partial charge on any atom is 0.247 e. The fourth-order valence-corrected chi connectivity index (χ4v) is 6.49. The van der Waals surface area contributed by atoms with Gasteiger partial charge in [-0.1, -0.05) is 61.8 Å². The highest BCUT2D eigenvalue weighted by molar-refractivity contribution is 9.10. The number of benzene rings is 2. The molecule has 0 saturated carbocycles. The van der Waals surface area contributed by atoms with Crippen LogP contribution in [-0.2, 0) is 16.0 Å². The molecular formula is C31H36BrFN4O2S. The van der Waals surface area contributed by atoms with Crippen molar-refractivity contribution >= 4 is 54.9 Å². The van der Waals surface area contributed by atoms with Gasteiger partial charge in [0, 0.05) is 31.9 Å². The van der Waals surface area contributed by atoms with Crippen molar-refractivity contribution in [2.45, 2.75) is 59.8 Å². The van der Waals surface area contributed by atoms with Crippen LogP contribution in [0.1, 0.15) is 63.8 Å². The molecule has 0 bridgehead atoms. The van der Waals surface area contributed by atoms with E-state index in [1.54, 1.807) is 23.5 Å². The van der Waals surface area contributed by atoms with E-state index in [0.29, 0.717) is 41.8 Å². The SMILES string of the molecule is CC.CC(=N)O/C(N)=C1/C(CCc2ccc(F)cc2)=NC(CC(C)C)=C(C(N)=O)C1c1cc2c(Br)cccc2s1. The molecule has 0 radical (unpaired) electrons. The summed E-state index contributed by atoms with van der Waals surface area (Å²) in [6.45, 7) is 9.62. The molecule has 40 heavy (non-hydrogen) atoms. The standard InChI is InChI=1S/C29H30BrFN4O2S.C2H6/c1-15(2)13-22-25(28(33)36)27(24-14-19-20(30)5-4-6-23(19)38-24)26(29(34)37-16(3)32)21(35-22)12-9-17-7-10-18(31)11-8-17;1-2/h4-8,10-11,14-15,27,32H,9,12-13,34H2,1-3H3,(H2,33,36);1-2H3/b29-26-,32-16?;. The Morgan fingerprint density at radius 2 is 1.82 bits per heavy atom. The summed E-state index contributed by atoms with van der Waals surface area (Å²) in [7, 11) is 0. The van der Waals surface area contributed by atoms with E-state index in [2.05, 4.69) is 29.8 Å². The first-order valence-electron chi connectivity index (χ1n) is 13.3. The number of nitrogens with zero attached hydrogens (tertiary/aromatic N) is 1. The molecule has 0 fully saturated rings. The number of halogens is 2. The van der Waals surface area contributed by atoms with Crippen molar-refractivity contribution < 1.29 is 13.9 Å². The van der Waals surface area contributed by atoms with Crippen molar-refractivity contribution in [1.82, 2.24) is 0 Å². The average molecular weight is 628 g/mol. The molecule has 1 aromatic heterocycles. The van der Waals surface area contributed by atoms with E-state index in [0.717, 1.165) is 25.0 Å². The number of ether oxygens (including phenoxy) is 1. The number of nitrogens with two attached hydrogens (primary N) is 2. The van der Waals surface area contributed by atoms with Gasteiger partial charge in [-0.05, 0) is 61.1 Å². The van der Waals surface area contributed by atoms with Crippen LogP contribution in [0, 0.1) is 17.1 Å². The van der Waals surface area contributed by atoms with Gasteiger partial charge in [0.2, 0.25) is 5.91 Å². The van der Waals surface area contributed by atoms with Crippen LogP contribution in [0.15, 0.2) is 80.7 Å². The first-order chi connectivity index (χ1) is 19.0. The summed E-state index contributed by atoms with van der Waals surface area (Å²) in [6.07, 6.45) is 1.60. The van der Waals surface area contributed by atoms with Crippen LogP contribution in [0.2, 0.25) is 0 Å². The number of primary amides is 1. The van der Waals surface area contributed by atoms with Gasteiger partial charge in [0.1, 0.15) is 5.82 Å². The minimum Gasteiger partial charge on any atom is -0.428 e. The van der Waals surface area contributed by atoms with E-state index in [1.165, 1.54) is 19.1 Å². The molecule has 5 N–H and O–H groups in total.